The first-order valence-electron chi connectivity index (χ1n) is 3.80. The lowest BCUT2D eigenvalue weighted by Gasteiger charge is -1.99. The summed E-state index contributed by atoms with van der Waals surface area (Å²) in [5.41, 5.74) is 0. The van der Waals surface area contributed by atoms with Gasteiger partial charge >= 0.3 is 0 Å². The van der Waals surface area contributed by atoms with Gasteiger partial charge in [0.05, 0.1) is 5.75 Å². The van der Waals surface area contributed by atoms with Crippen molar-refractivity contribution in [2.75, 3.05) is 5.75 Å². The second-order valence-corrected chi connectivity index (χ2v) is 4.54. The Labute approximate surface area is 72.4 Å². The Morgan fingerprint density at radius 1 is 1.42 bits per heavy atom. The van der Waals surface area contributed by atoms with Crippen LogP contribution in [0.3, 0.4) is 0 Å². The average molecular weight is 185 g/mol. The van der Waals surface area contributed by atoms with Crippen molar-refractivity contribution in [3.8, 4) is 0 Å². The number of rotatable bonds is 3. The molecule has 4 heteroatoms. The van der Waals surface area contributed by atoms with Crippen LogP contribution in [0.25, 0.3) is 0 Å². The van der Waals surface area contributed by atoms with Crippen LogP contribution in [-0.2, 0) is 9.84 Å². The van der Waals surface area contributed by atoms with Crippen LogP contribution in [0.1, 0.15) is 13.3 Å². The highest BCUT2D eigenvalue weighted by Gasteiger charge is 2.12. The Morgan fingerprint density at radius 3 is 2.67 bits per heavy atom. The fourth-order valence-corrected chi connectivity index (χ4v) is 2.16. The van der Waals surface area contributed by atoms with Crippen molar-refractivity contribution in [2.45, 2.75) is 18.4 Å². The Hall–Kier alpha value is -0.900. The van der Waals surface area contributed by atoms with Gasteiger partial charge in [-0.05, 0) is 18.6 Å². The molecule has 0 aromatic carbocycles. The van der Waals surface area contributed by atoms with E-state index in [-0.39, 0.29) is 10.8 Å². The molecule has 0 aliphatic carbocycles. The van der Waals surface area contributed by atoms with E-state index >= 15 is 0 Å². The maximum Gasteiger partial charge on any atom is 0.195 e. The first-order valence-corrected chi connectivity index (χ1v) is 5.46. The molecule has 0 radical (unpaired) electrons. The van der Waals surface area contributed by atoms with Gasteiger partial charge in [0.1, 0.15) is 0 Å². The molecule has 1 heterocycles. The molecule has 0 spiro atoms. The monoisotopic (exact) mass is 185 g/mol. The Bertz CT molecular complexity index is 331. The molecule has 0 saturated heterocycles. The second-order valence-electron chi connectivity index (χ2n) is 2.49. The van der Waals surface area contributed by atoms with Crippen molar-refractivity contribution in [1.82, 2.24) is 4.98 Å². The van der Waals surface area contributed by atoms with Gasteiger partial charge in [0, 0.05) is 6.20 Å². The number of pyridine rings is 1. The number of hydrogen-bond donors (Lipinski definition) is 0. The largest absolute Gasteiger partial charge is 0.245 e. The summed E-state index contributed by atoms with van der Waals surface area (Å²) in [7, 11) is -3.12. The predicted octanol–water partition coefficient (Wildman–Crippen LogP) is 1.27. The molecule has 0 aliphatic rings. The number of nitrogens with zero attached hydrogens (tertiary/aromatic N) is 1. The normalized spacial score (nSPS) is 11.4. The molecule has 3 nitrogen and oxygen atoms in total. The van der Waals surface area contributed by atoms with Crippen molar-refractivity contribution in [1.29, 1.82) is 0 Å². The summed E-state index contributed by atoms with van der Waals surface area (Å²) in [5.74, 6) is 0.171. The van der Waals surface area contributed by atoms with E-state index in [1.54, 1.807) is 12.1 Å². The van der Waals surface area contributed by atoms with Gasteiger partial charge < -0.3 is 0 Å². The van der Waals surface area contributed by atoms with Gasteiger partial charge in [-0.25, -0.2) is 13.4 Å². The van der Waals surface area contributed by atoms with E-state index in [0.717, 1.165) is 0 Å². The van der Waals surface area contributed by atoms with Gasteiger partial charge in [-0.2, -0.15) is 0 Å². The fourth-order valence-electron chi connectivity index (χ4n) is 0.904. The zero-order valence-corrected chi connectivity index (χ0v) is 7.71. The van der Waals surface area contributed by atoms with Crippen LogP contribution < -0.4 is 0 Å². The maximum atomic E-state index is 11.4. The van der Waals surface area contributed by atoms with E-state index in [1.807, 2.05) is 6.92 Å². The summed E-state index contributed by atoms with van der Waals surface area (Å²) in [4.78, 5) is 3.78. The SMILES string of the molecule is CCCS(=O)(=O)c1ccccn1. The quantitative estimate of drug-likeness (QED) is 0.712. The Morgan fingerprint density at radius 2 is 2.17 bits per heavy atom. The third kappa shape index (κ3) is 2.04. The fraction of sp³-hybridized carbons (Fsp3) is 0.375. The third-order valence-corrected chi connectivity index (χ3v) is 3.25. The minimum absolute atomic E-state index is 0.171. The van der Waals surface area contributed by atoms with E-state index in [0.29, 0.717) is 6.42 Å². The maximum absolute atomic E-state index is 11.4. The highest BCUT2D eigenvalue weighted by Crippen LogP contribution is 2.06. The molecule has 1 rings (SSSR count). The summed E-state index contributed by atoms with van der Waals surface area (Å²) in [5, 5.41) is 0.173. The molecular weight excluding hydrogens is 174 g/mol. The van der Waals surface area contributed by atoms with Gasteiger partial charge in [-0.3, -0.25) is 0 Å². The highest BCUT2D eigenvalue weighted by molar-refractivity contribution is 7.91. The zero-order valence-electron chi connectivity index (χ0n) is 6.90. The molecule has 0 unspecified atom stereocenters. The molecule has 0 N–H and O–H groups in total. The van der Waals surface area contributed by atoms with E-state index < -0.39 is 9.84 Å². The van der Waals surface area contributed by atoms with Gasteiger partial charge in [0.25, 0.3) is 0 Å². The van der Waals surface area contributed by atoms with E-state index in [1.165, 1.54) is 12.3 Å². The van der Waals surface area contributed by atoms with Crippen LogP contribution in [0.2, 0.25) is 0 Å². The van der Waals surface area contributed by atoms with E-state index in [4.69, 9.17) is 0 Å². The molecule has 0 bridgehead atoms. The minimum atomic E-state index is -3.12. The zero-order chi connectivity index (χ0) is 9.03. The molecule has 1 aromatic rings. The highest BCUT2D eigenvalue weighted by atomic mass is 32.2. The van der Waals surface area contributed by atoms with Gasteiger partial charge in [0.15, 0.2) is 14.9 Å². The van der Waals surface area contributed by atoms with Crippen LogP contribution in [0.15, 0.2) is 29.4 Å². The Balaban J connectivity index is 2.99. The van der Waals surface area contributed by atoms with Crippen molar-refractivity contribution in [3.63, 3.8) is 0 Å². The lowest BCUT2D eigenvalue weighted by Crippen LogP contribution is -2.07. The molecule has 0 saturated carbocycles. The molecule has 0 atom stereocenters. The first-order chi connectivity index (χ1) is 5.67. The van der Waals surface area contributed by atoms with Crippen LogP contribution >= 0.6 is 0 Å². The predicted molar refractivity (Wildman–Crippen MR) is 46.6 cm³/mol. The standard InChI is InChI=1S/C8H11NO2S/c1-2-7-12(10,11)8-5-3-4-6-9-8/h3-6H,2,7H2,1H3. The number of sulfone groups is 1. The van der Waals surface area contributed by atoms with Gasteiger partial charge in [-0.15, -0.1) is 0 Å². The molecule has 0 aliphatic heterocycles. The molecule has 0 amide bonds. The Kier molecular flexibility index (Phi) is 2.81. The minimum Gasteiger partial charge on any atom is -0.245 e. The lowest BCUT2D eigenvalue weighted by atomic mass is 10.5. The van der Waals surface area contributed by atoms with Crippen LogP contribution in [-0.4, -0.2) is 19.2 Å². The van der Waals surface area contributed by atoms with Crippen molar-refractivity contribution in [3.05, 3.63) is 24.4 Å². The average Bonchev–Trinajstić information content (AvgIpc) is 2.06. The summed E-state index contributed by atoms with van der Waals surface area (Å²) in [6.45, 7) is 1.83. The van der Waals surface area contributed by atoms with E-state index in [9.17, 15) is 8.42 Å². The third-order valence-electron chi connectivity index (χ3n) is 1.43. The summed E-state index contributed by atoms with van der Waals surface area (Å²) in [6.07, 6.45) is 2.11. The summed E-state index contributed by atoms with van der Waals surface area (Å²) >= 11 is 0. The molecule has 66 valence electrons. The second kappa shape index (κ2) is 3.67. The van der Waals surface area contributed by atoms with Crippen LogP contribution in [0.5, 0.6) is 0 Å². The molecular formula is C8H11NO2S. The van der Waals surface area contributed by atoms with Crippen molar-refractivity contribution in [2.24, 2.45) is 0 Å². The number of hydrogen-bond acceptors (Lipinski definition) is 3. The number of aromatic nitrogens is 1. The summed E-state index contributed by atoms with van der Waals surface area (Å²) in [6, 6.07) is 4.89. The first kappa shape index (κ1) is 9.19. The molecule has 1 aromatic heterocycles. The van der Waals surface area contributed by atoms with E-state index in [2.05, 4.69) is 4.98 Å². The summed E-state index contributed by atoms with van der Waals surface area (Å²) < 4.78 is 22.7. The molecule has 0 fully saturated rings. The molecule has 12 heavy (non-hydrogen) atoms. The smallest absolute Gasteiger partial charge is 0.195 e. The van der Waals surface area contributed by atoms with Crippen molar-refractivity contribution >= 4 is 9.84 Å². The van der Waals surface area contributed by atoms with Crippen LogP contribution in [0.4, 0.5) is 0 Å². The van der Waals surface area contributed by atoms with Crippen LogP contribution in [0, 0.1) is 0 Å². The van der Waals surface area contributed by atoms with Gasteiger partial charge in [0.2, 0.25) is 0 Å². The van der Waals surface area contributed by atoms with Gasteiger partial charge in [-0.1, -0.05) is 13.0 Å². The lowest BCUT2D eigenvalue weighted by molar-refractivity contribution is 0.591. The van der Waals surface area contributed by atoms with Crippen molar-refractivity contribution < 1.29 is 8.42 Å². The topological polar surface area (TPSA) is 47.0 Å².